The van der Waals surface area contributed by atoms with Crippen LogP contribution in [-0.2, 0) is 27.2 Å². The highest BCUT2D eigenvalue weighted by Gasteiger charge is 2.11. The highest BCUT2D eigenvalue weighted by Crippen LogP contribution is 2.22. The first kappa shape index (κ1) is 23.5. The minimum absolute atomic E-state index is 0.145. The first-order chi connectivity index (χ1) is 14.4. The Labute approximate surface area is 181 Å². The summed E-state index contributed by atoms with van der Waals surface area (Å²) >= 11 is 1.54. The van der Waals surface area contributed by atoms with Crippen LogP contribution in [0.2, 0.25) is 0 Å². The van der Waals surface area contributed by atoms with Crippen molar-refractivity contribution in [1.82, 2.24) is 0 Å². The van der Waals surface area contributed by atoms with Crippen LogP contribution in [0, 0.1) is 5.92 Å². The second-order valence-corrected chi connectivity index (χ2v) is 8.50. The van der Waals surface area contributed by atoms with Crippen LogP contribution in [0.1, 0.15) is 52.7 Å². The zero-order valence-electron chi connectivity index (χ0n) is 17.2. The van der Waals surface area contributed by atoms with Gasteiger partial charge in [0.1, 0.15) is 0 Å². The van der Waals surface area contributed by atoms with Crippen molar-refractivity contribution in [2.45, 2.75) is 45.4 Å². The summed E-state index contributed by atoms with van der Waals surface area (Å²) in [5.41, 5.74) is 1.31. The zero-order valence-corrected chi connectivity index (χ0v) is 18.0. The van der Waals surface area contributed by atoms with Crippen molar-refractivity contribution in [2.75, 3.05) is 6.61 Å². The van der Waals surface area contributed by atoms with Crippen LogP contribution in [0.15, 0.2) is 54.6 Å². The summed E-state index contributed by atoms with van der Waals surface area (Å²) in [5, 5.41) is 8.48. The van der Waals surface area contributed by atoms with Crippen LogP contribution < -0.4 is 0 Å². The molecule has 1 aromatic heterocycles. The highest BCUT2D eigenvalue weighted by atomic mass is 32.1. The van der Waals surface area contributed by atoms with Gasteiger partial charge in [-0.2, -0.15) is 0 Å². The summed E-state index contributed by atoms with van der Waals surface area (Å²) in [5.74, 6) is -1.49. The van der Waals surface area contributed by atoms with E-state index in [1.165, 1.54) is 16.9 Å². The van der Waals surface area contributed by atoms with Gasteiger partial charge < -0.3 is 9.84 Å². The van der Waals surface area contributed by atoms with E-state index < -0.39 is 11.9 Å². The highest BCUT2D eigenvalue weighted by molar-refractivity contribution is 7.14. The lowest BCUT2D eigenvalue weighted by molar-refractivity contribution is -0.139. The van der Waals surface area contributed by atoms with Crippen LogP contribution in [0.25, 0.3) is 0 Å². The van der Waals surface area contributed by atoms with Crippen LogP contribution in [-0.4, -0.2) is 29.4 Å². The van der Waals surface area contributed by atoms with E-state index in [9.17, 15) is 14.4 Å². The molecule has 1 aromatic carbocycles. The molecular formula is C24H28O5S. The largest absolute Gasteiger partial charge is 0.478 e. The molecule has 0 saturated heterocycles. The molecule has 6 heteroatoms. The van der Waals surface area contributed by atoms with Gasteiger partial charge in [-0.15, -0.1) is 11.3 Å². The van der Waals surface area contributed by atoms with Gasteiger partial charge in [0.25, 0.3) is 0 Å². The van der Waals surface area contributed by atoms with Gasteiger partial charge in [-0.1, -0.05) is 37.3 Å². The molecule has 0 aliphatic heterocycles. The lowest BCUT2D eigenvalue weighted by atomic mass is 10.1. The van der Waals surface area contributed by atoms with E-state index in [1.807, 2.05) is 37.3 Å². The number of ether oxygens (including phenoxy) is 1. The number of Topliss-reactive ketones (excluding diaryl/α,β-unsaturated/α-hetero) is 1. The predicted molar refractivity (Wildman–Crippen MR) is 118 cm³/mol. The molecule has 1 heterocycles. The number of carboxylic acid groups (broad SMARTS) is 1. The number of unbranched alkanes of at least 4 members (excludes halogenated alkanes) is 1. The molecule has 0 radical (unpaired) electrons. The fourth-order valence-electron chi connectivity index (χ4n) is 2.93. The van der Waals surface area contributed by atoms with Crippen molar-refractivity contribution in [1.29, 1.82) is 0 Å². The number of ketones is 1. The standard InChI is InChI=1S/C24H28O5S/c1-18(17-29-24(28)16-15-23(26)27)11-12-20-13-14-22(30-20)21(25)10-6-5-9-19-7-3-2-4-8-19/h2-4,7-8,13-16,18H,5-6,9-12,17H2,1H3,(H,26,27)/b16-15-. The Morgan fingerprint density at radius 1 is 1.03 bits per heavy atom. The number of esters is 1. The van der Waals surface area contributed by atoms with Gasteiger partial charge >= 0.3 is 11.9 Å². The summed E-state index contributed by atoms with van der Waals surface area (Å²) in [6.45, 7) is 2.21. The quantitative estimate of drug-likeness (QED) is 0.208. The Morgan fingerprint density at radius 2 is 1.80 bits per heavy atom. The third-order valence-electron chi connectivity index (χ3n) is 4.65. The summed E-state index contributed by atoms with van der Waals surface area (Å²) in [6, 6.07) is 14.2. The fourth-order valence-corrected chi connectivity index (χ4v) is 3.92. The third-order valence-corrected chi connectivity index (χ3v) is 5.84. The molecule has 0 saturated carbocycles. The van der Waals surface area contributed by atoms with Crippen molar-refractivity contribution in [3.05, 3.63) is 69.9 Å². The van der Waals surface area contributed by atoms with Crippen LogP contribution in [0.5, 0.6) is 0 Å². The second kappa shape index (κ2) is 12.8. The third kappa shape index (κ3) is 9.18. The molecule has 0 aliphatic carbocycles. The molecule has 160 valence electrons. The summed E-state index contributed by atoms with van der Waals surface area (Å²) in [7, 11) is 0. The van der Waals surface area contributed by atoms with E-state index in [4.69, 9.17) is 9.84 Å². The molecule has 1 N–H and O–H groups in total. The van der Waals surface area contributed by atoms with Gasteiger partial charge in [-0.05, 0) is 55.7 Å². The SMILES string of the molecule is CC(CCc1ccc(C(=O)CCCCc2ccccc2)s1)COC(=O)/C=C\C(=O)O. The maximum Gasteiger partial charge on any atom is 0.331 e. The van der Waals surface area contributed by atoms with Gasteiger partial charge in [-0.25, -0.2) is 9.59 Å². The lowest BCUT2D eigenvalue weighted by Crippen LogP contribution is -2.11. The normalized spacial score (nSPS) is 12.0. The van der Waals surface area contributed by atoms with E-state index in [1.54, 1.807) is 0 Å². The minimum atomic E-state index is -1.18. The Bertz CT molecular complexity index is 853. The fraction of sp³-hybridized carbons (Fsp3) is 0.375. The monoisotopic (exact) mass is 428 g/mol. The van der Waals surface area contributed by atoms with Gasteiger partial charge in [0, 0.05) is 23.5 Å². The zero-order chi connectivity index (χ0) is 21.8. The topological polar surface area (TPSA) is 80.7 Å². The molecule has 2 rings (SSSR count). The number of rotatable bonds is 13. The van der Waals surface area contributed by atoms with Gasteiger partial charge in [0.15, 0.2) is 5.78 Å². The van der Waals surface area contributed by atoms with Crippen molar-refractivity contribution >= 4 is 29.1 Å². The Morgan fingerprint density at radius 3 is 2.53 bits per heavy atom. The first-order valence-electron chi connectivity index (χ1n) is 10.2. The molecule has 0 aliphatic rings. The van der Waals surface area contributed by atoms with E-state index >= 15 is 0 Å². The number of carbonyl (C=O) groups is 3. The number of aryl methyl sites for hydroxylation is 2. The number of benzene rings is 1. The predicted octanol–water partition coefficient (Wildman–Crippen LogP) is 5.10. The van der Waals surface area contributed by atoms with Crippen LogP contribution >= 0.6 is 11.3 Å². The summed E-state index contributed by atoms with van der Waals surface area (Å²) < 4.78 is 5.03. The van der Waals surface area contributed by atoms with Crippen molar-refractivity contribution in [3.63, 3.8) is 0 Å². The molecule has 0 amide bonds. The number of hydrogen-bond acceptors (Lipinski definition) is 5. The molecule has 0 fully saturated rings. The second-order valence-electron chi connectivity index (χ2n) is 7.33. The van der Waals surface area contributed by atoms with E-state index in [0.29, 0.717) is 6.42 Å². The smallest absolute Gasteiger partial charge is 0.331 e. The van der Waals surface area contributed by atoms with Crippen LogP contribution in [0.3, 0.4) is 0 Å². The first-order valence-corrected chi connectivity index (χ1v) is 11.0. The molecular weight excluding hydrogens is 400 g/mol. The molecule has 0 bridgehead atoms. The molecule has 2 aromatic rings. The van der Waals surface area contributed by atoms with Crippen molar-refractivity contribution < 1.29 is 24.2 Å². The van der Waals surface area contributed by atoms with E-state index in [2.05, 4.69) is 12.1 Å². The van der Waals surface area contributed by atoms with Crippen LogP contribution in [0.4, 0.5) is 0 Å². The number of carbonyl (C=O) groups excluding carboxylic acids is 2. The summed E-state index contributed by atoms with van der Waals surface area (Å²) in [6.07, 6.45) is 6.77. The number of carboxylic acids is 1. The van der Waals surface area contributed by atoms with Crippen molar-refractivity contribution in [3.8, 4) is 0 Å². The average molecular weight is 429 g/mol. The molecule has 0 spiro atoms. The molecule has 1 unspecified atom stereocenters. The Kier molecular flexibility index (Phi) is 10.0. The molecule has 5 nitrogen and oxygen atoms in total. The van der Waals surface area contributed by atoms with Gasteiger partial charge in [0.05, 0.1) is 11.5 Å². The Balaban J connectivity index is 1.65. The maximum absolute atomic E-state index is 12.4. The number of aliphatic carboxylic acids is 1. The number of thiophene rings is 1. The summed E-state index contributed by atoms with van der Waals surface area (Å²) in [4.78, 5) is 36.1. The van der Waals surface area contributed by atoms with Gasteiger partial charge in [-0.3, -0.25) is 4.79 Å². The van der Waals surface area contributed by atoms with Gasteiger partial charge in [0.2, 0.25) is 0 Å². The maximum atomic E-state index is 12.4. The average Bonchev–Trinajstić information content (AvgIpc) is 3.22. The van der Waals surface area contributed by atoms with Crippen molar-refractivity contribution in [2.24, 2.45) is 5.92 Å². The molecule has 1 atom stereocenters. The molecule has 30 heavy (non-hydrogen) atoms. The Hall–Kier alpha value is -2.73. The van der Waals surface area contributed by atoms with E-state index in [0.717, 1.165) is 54.0 Å². The minimum Gasteiger partial charge on any atom is -0.478 e. The number of hydrogen-bond donors (Lipinski definition) is 1. The lowest BCUT2D eigenvalue weighted by Gasteiger charge is -2.10. The van der Waals surface area contributed by atoms with E-state index in [-0.39, 0.29) is 18.3 Å².